The number of carbonyl (C=O) groups excluding carboxylic acids is 1. The van der Waals surface area contributed by atoms with Crippen molar-refractivity contribution in [2.45, 2.75) is 76.9 Å². The normalized spacial score (nSPS) is 23.1. The molecular weight excluding hydrogens is 376 g/mol. The maximum Gasteiger partial charge on any atom is 0.133 e. The molecule has 2 aromatic carbocycles. The summed E-state index contributed by atoms with van der Waals surface area (Å²) in [5, 5.41) is 10.8. The van der Waals surface area contributed by atoms with Crippen LogP contribution in [0.1, 0.15) is 69.9 Å². The Bertz CT molecular complexity index is 903. The molecule has 1 heterocycles. The van der Waals surface area contributed by atoms with E-state index in [1.54, 1.807) is 6.07 Å². The van der Waals surface area contributed by atoms with Crippen LogP contribution in [0.4, 0.5) is 0 Å². The third-order valence-electron chi connectivity index (χ3n) is 6.65. The summed E-state index contributed by atoms with van der Waals surface area (Å²) in [6, 6.07) is 14.0. The summed E-state index contributed by atoms with van der Waals surface area (Å²) < 4.78 is 12.4. The number of Topliss-reactive ketones (excluding diaryl/α,β-unsaturated/α-hetero) is 1. The second-order valence-corrected chi connectivity index (χ2v) is 9.36. The number of ketones is 1. The van der Waals surface area contributed by atoms with Gasteiger partial charge in [-0.1, -0.05) is 30.3 Å². The van der Waals surface area contributed by atoms with Crippen LogP contribution in [0.25, 0.3) is 0 Å². The van der Waals surface area contributed by atoms with Gasteiger partial charge >= 0.3 is 0 Å². The Balaban J connectivity index is 1.46. The van der Waals surface area contributed by atoms with E-state index >= 15 is 0 Å². The van der Waals surface area contributed by atoms with Crippen molar-refractivity contribution in [3.8, 4) is 17.2 Å². The summed E-state index contributed by atoms with van der Waals surface area (Å²) in [6.45, 7) is 6.22. The zero-order chi connectivity index (χ0) is 21.3. The highest BCUT2D eigenvalue weighted by atomic mass is 16.5. The summed E-state index contributed by atoms with van der Waals surface area (Å²) in [5.41, 5.74) is 1.74. The first-order valence-electron chi connectivity index (χ1n) is 11.1. The van der Waals surface area contributed by atoms with Crippen LogP contribution < -0.4 is 9.47 Å². The van der Waals surface area contributed by atoms with E-state index in [-0.39, 0.29) is 35.1 Å². The van der Waals surface area contributed by atoms with Gasteiger partial charge in [0.25, 0.3) is 0 Å². The zero-order valence-corrected chi connectivity index (χ0v) is 18.2. The van der Waals surface area contributed by atoms with E-state index in [0.717, 1.165) is 31.2 Å². The summed E-state index contributed by atoms with van der Waals surface area (Å²) in [5.74, 6) is 1.97. The van der Waals surface area contributed by atoms with E-state index in [0.29, 0.717) is 24.3 Å². The predicted octanol–water partition coefficient (Wildman–Crippen LogP) is 5.81. The monoisotopic (exact) mass is 408 g/mol. The Morgan fingerprint density at radius 3 is 2.77 bits per heavy atom. The Morgan fingerprint density at radius 1 is 1.23 bits per heavy atom. The lowest BCUT2D eigenvalue weighted by Gasteiger charge is -2.47. The fourth-order valence-corrected chi connectivity index (χ4v) is 5.14. The van der Waals surface area contributed by atoms with Gasteiger partial charge in [0.15, 0.2) is 0 Å². The van der Waals surface area contributed by atoms with E-state index in [9.17, 15) is 9.90 Å². The zero-order valence-electron chi connectivity index (χ0n) is 18.2. The van der Waals surface area contributed by atoms with Gasteiger partial charge in [0.1, 0.15) is 28.6 Å². The van der Waals surface area contributed by atoms with Crippen molar-refractivity contribution in [1.29, 1.82) is 0 Å². The molecule has 1 aliphatic heterocycles. The molecule has 0 aromatic heterocycles. The number of benzene rings is 2. The Labute approximate surface area is 179 Å². The Kier molecular flexibility index (Phi) is 5.77. The van der Waals surface area contributed by atoms with Crippen molar-refractivity contribution in [2.75, 3.05) is 0 Å². The molecule has 0 saturated heterocycles. The standard InChI is InChI=1S/C26H32O4/c1-17(8-7-11-18-9-5-4-6-10-18)29-20-15-23(28)25-21-14-19(27)12-13-22(21)26(2,3)30-24(25)16-20/h4-6,9-10,15-17,21-22,28H,7-8,11-14H2,1-3H3. The smallest absolute Gasteiger partial charge is 0.133 e. The minimum atomic E-state index is -0.370. The number of phenolic OH excluding ortho intramolecular Hbond substituents is 1. The molecule has 2 aliphatic rings. The number of fused-ring (bicyclic) bond motifs is 3. The van der Waals surface area contributed by atoms with Gasteiger partial charge < -0.3 is 14.6 Å². The highest BCUT2D eigenvalue weighted by molar-refractivity contribution is 5.81. The molecule has 160 valence electrons. The number of hydrogen-bond acceptors (Lipinski definition) is 4. The fraction of sp³-hybridized carbons (Fsp3) is 0.500. The SMILES string of the molecule is CC(CCCc1ccccc1)Oc1cc(O)c2c(c1)OC(C)(C)C1CCC(=O)CC21. The molecular formula is C26H32O4. The van der Waals surface area contributed by atoms with Gasteiger partial charge in [-0.2, -0.15) is 0 Å². The summed E-state index contributed by atoms with van der Waals surface area (Å²) in [6.07, 6.45) is 4.92. The molecule has 4 rings (SSSR count). The van der Waals surface area contributed by atoms with Crippen LogP contribution in [0, 0.1) is 5.92 Å². The van der Waals surface area contributed by atoms with Crippen molar-refractivity contribution in [3.05, 3.63) is 53.6 Å². The van der Waals surface area contributed by atoms with Gasteiger partial charge in [-0.3, -0.25) is 4.79 Å². The molecule has 30 heavy (non-hydrogen) atoms. The van der Waals surface area contributed by atoms with Gasteiger partial charge in [0, 0.05) is 42.4 Å². The fourth-order valence-electron chi connectivity index (χ4n) is 5.14. The highest BCUT2D eigenvalue weighted by Gasteiger charge is 2.47. The Morgan fingerprint density at radius 2 is 2.00 bits per heavy atom. The highest BCUT2D eigenvalue weighted by Crippen LogP contribution is 2.54. The van der Waals surface area contributed by atoms with E-state index < -0.39 is 0 Å². The maximum atomic E-state index is 12.1. The van der Waals surface area contributed by atoms with Crippen molar-refractivity contribution in [3.63, 3.8) is 0 Å². The molecule has 1 aliphatic carbocycles. The molecule has 3 unspecified atom stereocenters. The van der Waals surface area contributed by atoms with Gasteiger partial charge in [-0.15, -0.1) is 0 Å². The summed E-state index contributed by atoms with van der Waals surface area (Å²) in [4.78, 5) is 12.1. The molecule has 0 bridgehead atoms. The first kappa shape index (κ1) is 20.8. The Hall–Kier alpha value is -2.49. The molecule has 0 spiro atoms. The topological polar surface area (TPSA) is 55.8 Å². The van der Waals surface area contributed by atoms with Crippen LogP contribution in [0.2, 0.25) is 0 Å². The average molecular weight is 409 g/mol. The molecule has 3 atom stereocenters. The second-order valence-electron chi connectivity index (χ2n) is 9.36. The van der Waals surface area contributed by atoms with E-state index in [1.807, 2.05) is 12.1 Å². The van der Waals surface area contributed by atoms with Crippen LogP contribution in [0.5, 0.6) is 17.2 Å². The third-order valence-corrected chi connectivity index (χ3v) is 6.65. The molecule has 2 aromatic rings. The molecule has 1 fully saturated rings. The minimum Gasteiger partial charge on any atom is -0.507 e. The van der Waals surface area contributed by atoms with Crippen LogP contribution in [0.3, 0.4) is 0 Å². The summed E-state index contributed by atoms with van der Waals surface area (Å²) >= 11 is 0. The molecule has 0 radical (unpaired) electrons. The first-order valence-corrected chi connectivity index (χ1v) is 11.1. The van der Waals surface area contributed by atoms with Crippen LogP contribution >= 0.6 is 0 Å². The van der Waals surface area contributed by atoms with Crippen molar-refractivity contribution in [2.24, 2.45) is 5.92 Å². The van der Waals surface area contributed by atoms with Crippen molar-refractivity contribution >= 4 is 5.78 Å². The van der Waals surface area contributed by atoms with Gasteiger partial charge in [-0.25, -0.2) is 0 Å². The van der Waals surface area contributed by atoms with E-state index in [4.69, 9.17) is 9.47 Å². The molecule has 1 saturated carbocycles. The van der Waals surface area contributed by atoms with Crippen molar-refractivity contribution < 1.29 is 19.4 Å². The number of hydrogen-bond donors (Lipinski definition) is 1. The lowest BCUT2D eigenvalue weighted by atomic mass is 9.66. The second kappa shape index (κ2) is 8.33. The lowest BCUT2D eigenvalue weighted by Crippen LogP contribution is -2.47. The van der Waals surface area contributed by atoms with Gasteiger partial charge in [0.2, 0.25) is 0 Å². The number of carbonyl (C=O) groups is 1. The summed E-state index contributed by atoms with van der Waals surface area (Å²) in [7, 11) is 0. The number of aryl methyl sites for hydroxylation is 1. The van der Waals surface area contributed by atoms with Crippen LogP contribution in [-0.4, -0.2) is 22.6 Å². The maximum absolute atomic E-state index is 12.1. The quantitative estimate of drug-likeness (QED) is 0.656. The predicted molar refractivity (Wildman–Crippen MR) is 117 cm³/mol. The van der Waals surface area contributed by atoms with Gasteiger partial charge in [0.05, 0.1) is 6.10 Å². The number of ether oxygens (including phenoxy) is 2. The van der Waals surface area contributed by atoms with Crippen LogP contribution in [-0.2, 0) is 11.2 Å². The third kappa shape index (κ3) is 4.33. The largest absolute Gasteiger partial charge is 0.507 e. The lowest BCUT2D eigenvalue weighted by molar-refractivity contribution is -0.124. The number of phenols is 1. The minimum absolute atomic E-state index is 0.0161. The van der Waals surface area contributed by atoms with Gasteiger partial charge in [-0.05, 0) is 52.0 Å². The van der Waals surface area contributed by atoms with Crippen molar-refractivity contribution in [1.82, 2.24) is 0 Å². The van der Waals surface area contributed by atoms with E-state index in [1.165, 1.54) is 5.56 Å². The first-order chi connectivity index (χ1) is 14.3. The number of rotatable bonds is 6. The number of aromatic hydroxyl groups is 1. The molecule has 4 nitrogen and oxygen atoms in total. The van der Waals surface area contributed by atoms with Crippen LogP contribution in [0.15, 0.2) is 42.5 Å². The van der Waals surface area contributed by atoms with E-state index in [2.05, 4.69) is 45.0 Å². The molecule has 4 heteroatoms. The average Bonchev–Trinajstić information content (AvgIpc) is 2.67. The molecule has 1 N–H and O–H groups in total. The molecule has 0 amide bonds.